The maximum atomic E-state index is 9.22. The molecule has 0 unspecified atom stereocenters. The topological polar surface area (TPSA) is 20.2 Å². The van der Waals surface area contributed by atoms with Crippen molar-refractivity contribution in [2.45, 2.75) is 31.8 Å². The van der Waals surface area contributed by atoms with Crippen molar-refractivity contribution in [2.75, 3.05) is 0 Å². The lowest BCUT2D eigenvalue weighted by Gasteiger charge is -2.08. The summed E-state index contributed by atoms with van der Waals surface area (Å²) in [4.78, 5) is 0. The Bertz CT molecular complexity index is 123. The second-order valence-electron chi connectivity index (χ2n) is 2.67. The molecule has 0 aromatic carbocycles. The van der Waals surface area contributed by atoms with Gasteiger partial charge < -0.3 is 5.11 Å². The maximum absolute atomic E-state index is 9.22. The van der Waals surface area contributed by atoms with E-state index >= 15 is 0 Å². The minimum Gasteiger partial charge on any atom is -0.393 e. The molecule has 0 spiro atoms. The Hall–Kier alpha value is -0.480. The molecule has 0 aromatic rings. The van der Waals surface area contributed by atoms with Crippen LogP contribution in [0.15, 0.2) is 0 Å². The van der Waals surface area contributed by atoms with Crippen molar-refractivity contribution in [1.82, 2.24) is 0 Å². The van der Waals surface area contributed by atoms with Crippen LogP contribution in [0.2, 0.25) is 0 Å². The van der Waals surface area contributed by atoms with Gasteiger partial charge in [0.2, 0.25) is 0 Å². The third kappa shape index (κ3) is 1.46. The Labute approximate surface area is 56.1 Å². The van der Waals surface area contributed by atoms with Crippen molar-refractivity contribution in [1.29, 1.82) is 0 Å². The standard InChI is InChI=1S/C8H12O/c1-2-4-7-5-3-6-8(7)9/h1,7-9H,3-6H2/t7-,8+/m1/s1. The van der Waals surface area contributed by atoms with Gasteiger partial charge in [-0.1, -0.05) is 6.42 Å². The third-order valence-electron chi connectivity index (χ3n) is 2.00. The highest BCUT2D eigenvalue weighted by Gasteiger charge is 2.23. The summed E-state index contributed by atoms with van der Waals surface area (Å²) in [6.45, 7) is 0. The molecule has 1 aliphatic carbocycles. The lowest BCUT2D eigenvalue weighted by molar-refractivity contribution is 0.135. The summed E-state index contributed by atoms with van der Waals surface area (Å²) in [6, 6.07) is 0. The van der Waals surface area contributed by atoms with Gasteiger partial charge in [-0.25, -0.2) is 0 Å². The fraction of sp³-hybridized carbons (Fsp3) is 0.750. The van der Waals surface area contributed by atoms with Crippen LogP contribution in [0.3, 0.4) is 0 Å². The van der Waals surface area contributed by atoms with Gasteiger partial charge in [-0.05, 0) is 18.8 Å². The number of terminal acetylenes is 1. The van der Waals surface area contributed by atoms with Gasteiger partial charge in [-0.3, -0.25) is 0 Å². The first-order chi connectivity index (χ1) is 4.34. The van der Waals surface area contributed by atoms with Crippen LogP contribution in [-0.2, 0) is 0 Å². The molecule has 1 fully saturated rings. The summed E-state index contributed by atoms with van der Waals surface area (Å²) in [5.74, 6) is 2.98. The SMILES string of the molecule is C#CC[C@@H]1CCC[C@@H]1O. The van der Waals surface area contributed by atoms with E-state index in [1.165, 1.54) is 0 Å². The fourth-order valence-electron chi connectivity index (χ4n) is 1.41. The minimum atomic E-state index is -0.110. The molecule has 0 radical (unpaired) electrons. The highest BCUT2D eigenvalue weighted by molar-refractivity contribution is 4.91. The molecular weight excluding hydrogens is 112 g/mol. The van der Waals surface area contributed by atoms with Crippen LogP contribution in [0, 0.1) is 18.3 Å². The molecule has 2 atom stereocenters. The highest BCUT2D eigenvalue weighted by Crippen LogP contribution is 2.27. The van der Waals surface area contributed by atoms with E-state index in [0.29, 0.717) is 5.92 Å². The van der Waals surface area contributed by atoms with E-state index in [-0.39, 0.29) is 6.10 Å². The van der Waals surface area contributed by atoms with Gasteiger partial charge >= 0.3 is 0 Å². The van der Waals surface area contributed by atoms with E-state index in [9.17, 15) is 5.11 Å². The predicted molar refractivity (Wildman–Crippen MR) is 36.8 cm³/mol. The first-order valence-corrected chi connectivity index (χ1v) is 3.46. The summed E-state index contributed by atoms with van der Waals surface area (Å²) in [5.41, 5.74) is 0. The largest absolute Gasteiger partial charge is 0.393 e. The van der Waals surface area contributed by atoms with Crippen molar-refractivity contribution in [3.05, 3.63) is 0 Å². The zero-order valence-electron chi connectivity index (χ0n) is 5.51. The molecule has 0 bridgehead atoms. The van der Waals surface area contributed by atoms with Crippen molar-refractivity contribution in [3.63, 3.8) is 0 Å². The van der Waals surface area contributed by atoms with Gasteiger partial charge in [0.15, 0.2) is 0 Å². The van der Waals surface area contributed by atoms with Crippen molar-refractivity contribution < 1.29 is 5.11 Å². The molecule has 1 N–H and O–H groups in total. The van der Waals surface area contributed by atoms with Gasteiger partial charge in [-0.15, -0.1) is 12.3 Å². The van der Waals surface area contributed by atoms with E-state index in [0.717, 1.165) is 25.7 Å². The van der Waals surface area contributed by atoms with Crippen LogP contribution in [0.25, 0.3) is 0 Å². The average molecular weight is 124 g/mol. The second kappa shape index (κ2) is 2.89. The van der Waals surface area contributed by atoms with E-state index in [4.69, 9.17) is 6.42 Å². The molecule has 0 aromatic heterocycles. The minimum absolute atomic E-state index is 0.110. The number of aliphatic hydroxyl groups is 1. The first-order valence-electron chi connectivity index (χ1n) is 3.46. The lowest BCUT2D eigenvalue weighted by Crippen LogP contribution is -2.11. The van der Waals surface area contributed by atoms with E-state index in [1.54, 1.807) is 0 Å². The number of aliphatic hydroxyl groups excluding tert-OH is 1. The van der Waals surface area contributed by atoms with E-state index in [1.807, 2.05) is 0 Å². The Morgan fingerprint density at radius 3 is 2.78 bits per heavy atom. The zero-order valence-corrected chi connectivity index (χ0v) is 5.51. The van der Waals surface area contributed by atoms with Crippen LogP contribution in [-0.4, -0.2) is 11.2 Å². The number of hydrogen-bond donors (Lipinski definition) is 1. The van der Waals surface area contributed by atoms with Crippen LogP contribution in [0.5, 0.6) is 0 Å². The fourth-order valence-corrected chi connectivity index (χ4v) is 1.41. The molecule has 0 heterocycles. The molecule has 9 heavy (non-hydrogen) atoms. The molecule has 1 aliphatic rings. The quantitative estimate of drug-likeness (QED) is 0.520. The van der Waals surface area contributed by atoms with E-state index in [2.05, 4.69) is 5.92 Å². The molecule has 0 aliphatic heterocycles. The Kier molecular flexibility index (Phi) is 2.13. The summed E-state index contributed by atoms with van der Waals surface area (Å²) in [5, 5.41) is 9.22. The van der Waals surface area contributed by atoms with Gasteiger partial charge in [-0.2, -0.15) is 0 Å². The summed E-state index contributed by atoms with van der Waals surface area (Å²) >= 11 is 0. The molecule has 1 saturated carbocycles. The Balaban J connectivity index is 2.33. The van der Waals surface area contributed by atoms with Crippen molar-refractivity contribution in [2.24, 2.45) is 5.92 Å². The Morgan fingerprint density at radius 1 is 1.56 bits per heavy atom. The molecule has 1 heteroatoms. The normalized spacial score (nSPS) is 34.2. The van der Waals surface area contributed by atoms with Crippen molar-refractivity contribution >= 4 is 0 Å². The van der Waals surface area contributed by atoms with Crippen molar-refractivity contribution in [3.8, 4) is 12.3 Å². The second-order valence-corrected chi connectivity index (χ2v) is 2.67. The first kappa shape index (κ1) is 6.64. The summed E-state index contributed by atoms with van der Waals surface area (Å²) in [6.07, 6.45) is 8.96. The molecule has 50 valence electrons. The third-order valence-corrected chi connectivity index (χ3v) is 2.00. The Morgan fingerprint density at radius 2 is 2.33 bits per heavy atom. The molecule has 0 amide bonds. The predicted octanol–water partition coefficient (Wildman–Crippen LogP) is 1.17. The average Bonchev–Trinajstić information content (AvgIpc) is 2.18. The number of rotatable bonds is 1. The van der Waals surface area contributed by atoms with Crippen LogP contribution >= 0.6 is 0 Å². The van der Waals surface area contributed by atoms with Crippen LogP contribution in [0.1, 0.15) is 25.7 Å². The summed E-state index contributed by atoms with van der Waals surface area (Å²) < 4.78 is 0. The molecule has 0 saturated heterocycles. The highest BCUT2D eigenvalue weighted by atomic mass is 16.3. The monoisotopic (exact) mass is 124 g/mol. The van der Waals surface area contributed by atoms with Crippen LogP contribution < -0.4 is 0 Å². The number of hydrogen-bond acceptors (Lipinski definition) is 1. The molecule has 1 rings (SSSR count). The smallest absolute Gasteiger partial charge is 0.0577 e. The van der Waals surface area contributed by atoms with Gasteiger partial charge in [0.25, 0.3) is 0 Å². The van der Waals surface area contributed by atoms with Gasteiger partial charge in [0, 0.05) is 6.42 Å². The maximum Gasteiger partial charge on any atom is 0.0577 e. The zero-order chi connectivity index (χ0) is 6.69. The molecular formula is C8H12O. The van der Waals surface area contributed by atoms with Gasteiger partial charge in [0.05, 0.1) is 6.10 Å². The van der Waals surface area contributed by atoms with Gasteiger partial charge in [0.1, 0.15) is 0 Å². The molecule has 1 nitrogen and oxygen atoms in total. The van der Waals surface area contributed by atoms with Crippen LogP contribution in [0.4, 0.5) is 0 Å². The van der Waals surface area contributed by atoms with E-state index < -0.39 is 0 Å². The lowest BCUT2D eigenvalue weighted by atomic mass is 10.0. The summed E-state index contributed by atoms with van der Waals surface area (Å²) in [7, 11) is 0.